The third-order valence-corrected chi connectivity index (χ3v) is 2.76. The number of methoxy groups -OCH3 is 1. The van der Waals surface area contributed by atoms with Crippen molar-refractivity contribution in [3.05, 3.63) is 18.3 Å². The van der Waals surface area contributed by atoms with Gasteiger partial charge in [-0.25, -0.2) is 9.78 Å². The van der Waals surface area contributed by atoms with Crippen molar-refractivity contribution in [1.29, 1.82) is 0 Å². The predicted octanol–water partition coefficient (Wildman–Crippen LogP) is 0.0169. The summed E-state index contributed by atoms with van der Waals surface area (Å²) in [7, 11) is 1.45. The number of hydrogen-bond acceptors (Lipinski definition) is 5. The molecular formula is C12H14N4O4. The number of rotatable bonds is 5. The summed E-state index contributed by atoms with van der Waals surface area (Å²) in [5.74, 6) is -0.389. The quantitative estimate of drug-likeness (QED) is 0.658. The van der Waals surface area contributed by atoms with E-state index in [0.29, 0.717) is 11.6 Å². The van der Waals surface area contributed by atoms with Gasteiger partial charge in [-0.15, -0.1) is 0 Å². The lowest BCUT2D eigenvalue weighted by molar-refractivity contribution is -0.120. The Morgan fingerprint density at radius 2 is 2.30 bits per heavy atom. The average molecular weight is 278 g/mol. The van der Waals surface area contributed by atoms with Crippen LogP contribution in [0.3, 0.4) is 0 Å². The van der Waals surface area contributed by atoms with E-state index in [0.717, 1.165) is 0 Å². The first-order valence-electron chi connectivity index (χ1n) is 6.00. The lowest BCUT2D eigenvalue weighted by Crippen LogP contribution is -2.30. The number of anilines is 1. The van der Waals surface area contributed by atoms with Crippen LogP contribution in [0.2, 0.25) is 0 Å². The van der Waals surface area contributed by atoms with E-state index in [-0.39, 0.29) is 18.7 Å². The molecular weight excluding hydrogens is 264 g/mol. The molecule has 0 spiro atoms. The number of carbonyl (C=O) groups excluding carboxylic acids is 3. The van der Waals surface area contributed by atoms with Crippen molar-refractivity contribution in [1.82, 2.24) is 15.6 Å². The number of hydrogen-bond donors (Lipinski definition) is 3. The minimum Gasteiger partial charge on any atom is -0.480 e. The van der Waals surface area contributed by atoms with Crippen LogP contribution >= 0.6 is 0 Å². The van der Waals surface area contributed by atoms with Crippen molar-refractivity contribution < 1.29 is 19.1 Å². The Morgan fingerprint density at radius 3 is 2.95 bits per heavy atom. The van der Waals surface area contributed by atoms with E-state index in [1.54, 1.807) is 18.3 Å². The normalized spacial score (nSPS) is 17.4. The highest BCUT2D eigenvalue weighted by Crippen LogP contribution is 2.20. The molecule has 1 aliphatic rings. The fraction of sp³-hybridized carbons (Fsp3) is 0.333. The number of imide groups is 1. The van der Waals surface area contributed by atoms with E-state index < -0.39 is 18.0 Å². The van der Waals surface area contributed by atoms with Gasteiger partial charge in [-0.3, -0.25) is 14.9 Å². The molecule has 20 heavy (non-hydrogen) atoms. The Bertz CT molecular complexity index is 546. The largest absolute Gasteiger partial charge is 0.480 e. The van der Waals surface area contributed by atoms with Crippen LogP contribution in [0.15, 0.2) is 18.3 Å². The van der Waals surface area contributed by atoms with Crippen molar-refractivity contribution >= 4 is 23.5 Å². The van der Waals surface area contributed by atoms with Crippen molar-refractivity contribution in [2.75, 3.05) is 12.4 Å². The number of aromatic nitrogens is 1. The Hall–Kier alpha value is -2.64. The molecule has 1 atom stereocenters. The molecule has 0 saturated carbocycles. The Labute approximate surface area is 114 Å². The van der Waals surface area contributed by atoms with Gasteiger partial charge in [-0.05, 0) is 18.6 Å². The first-order valence-corrected chi connectivity index (χ1v) is 6.00. The Kier molecular flexibility index (Phi) is 4.14. The molecule has 0 aliphatic carbocycles. The summed E-state index contributed by atoms with van der Waals surface area (Å²) < 4.78 is 5.01. The van der Waals surface area contributed by atoms with Crippen LogP contribution in [-0.4, -0.2) is 36.0 Å². The molecule has 4 amide bonds. The van der Waals surface area contributed by atoms with E-state index in [9.17, 15) is 14.4 Å². The monoisotopic (exact) mass is 278 g/mol. The highest BCUT2D eigenvalue weighted by atomic mass is 16.5. The second-order valence-corrected chi connectivity index (χ2v) is 4.16. The van der Waals surface area contributed by atoms with Gasteiger partial charge in [-0.2, -0.15) is 0 Å². The van der Waals surface area contributed by atoms with E-state index >= 15 is 0 Å². The predicted molar refractivity (Wildman–Crippen MR) is 69.1 cm³/mol. The maximum atomic E-state index is 11.8. The zero-order valence-corrected chi connectivity index (χ0v) is 10.8. The highest BCUT2D eigenvalue weighted by Gasteiger charge is 2.29. The number of ether oxygens (including phenoxy) is 1. The summed E-state index contributed by atoms with van der Waals surface area (Å²) in [5, 5.41) is 7.18. The molecule has 3 N–H and O–H groups in total. The van der Waals surface area contributed by atoms with Gasteiger partial charge in [0.25, 0.3) is 5.91 Å². The van der Waals surface area contributed by atoms with Crippen LogP contribution in [0.5, 0.6) is 5.88 Å². The smallest absolute Gasteiger partial charge is 0.322 e. The average Bonchev–Trinajstić information content (AvgIpc) is 2.75. The maximum absolute atomic E-state index is 11.8. The number of nitrogens with one attached hydrogen (secondary N) is 3. The molecule has 8 nitrogen and oxygen atoms in total. The molecule has 0 unspecified atom stereocenters. The zero-order valence-electron chi connectivity index (χ0n) is 10.8. The second kappa shape index (κ2) is 6.00. The topological polar surface area (TPSA) is 109 Å². The fourth-order valence-electron chi connectivity index (χ4n) is 1.80. The molecule has 0 aromatic carbocycles. The summed E-state index contributed by atoms with van der Waals surface area (Å²) in [4.78, 5) is 38.0. The second-order valence-electron chi connectivity index (χ2n) is 4.16. The molecule has 1 aromatic heterocycles. The number of carbonyl (C=O) groups is 3. The van der Waals surface area contributed by atoms with Gasteiger partial charge in [0.05, 0.1) is 7.11 Å². The molecule has 1 aliphatic heterocycles. The van der Waals surface area contributed by atoms with Crippen LogP contribution in [-0.2, 0) is 9.59 Å². The molecule has 1 saturated heterocycles. The van der Waals surface area contributed by atoms with Crippen LogP contribution in [0, 0.1) is 0 Å². The van der Waals surface area contributed by atoms with Gasteiger partial charge in [0.15, 0.2) is 0 Å². The Morgan fingerprint density at radius 1 is 1.50 bits per heavy atom. The van der Waals surface area contributed by atoms with E-state index in [1.165, 1.54) is 7.11 Å². The van der Waals surface area contributed by atoms with Gasteiger partial charge in [0.1, 0.15) is 11.7 Å². The minimum absolute atomic E-state index is 0.0937. The lowest BCUT2D eigenvalue weighted by atomic mass is 10.1. The van der Waals surface area contributed by atoms with Crippen LogP contribution in [0.25, 0.3) is 0 Å². The first kappa shape index (κ1) is 13.8. The van der Waals surface area contributed by atoms with Crippen molar-refractivity contribution in [3.8, 4) is 5.88 Å². The van der Waals surface area contributed by atoms with E-state index in [1.807, 2.05) is 0 Å². The summed E-state index contributed by atoms with van der Waals surface area (Å²) in [6, 6.07) is 2.13. The standard InChI is InChI=1S/C12H14N4O4/c1-20-11-8(3-2-6-13-11)14-9(17)5-4-7-10(18)16-12(19)15-7/h2-3,6-7H,4-5H2,1H3,(H,14,17)(H2,15,16,18,19)/t7-/m1/s1. The van der Waals surface area contributed by atoms with Gasteiger partial charge in [0, 0.05) is 12.6 Å². The van der Waals surface area contributed by atoms with Crippen molar-refractivity contribution in [3.63, 3.8) is 0 Å². The first-order chi connectivity index (χ1) is 9.60. The fourth-order valence-corrected chi connectivity index (χ4v) is 1.80. The lowest BCUT2D eigenvalue weighted by Gasteiger charge is -2.10. The summed E-state index contributed by atoms with van der Waals surface area (Å²) in [6.45, 7) is 0. The molecule has 106 valence electrons. The summed E-state index contributed by atoms with van der Waals surface area (Å²) >= 11 is 0. The molecule has 1 aromatic rings. The van der Waals surface area contributed by atoms with E-state index in [4.69, 9.17) is 4.74 Å². The maximum Gasteiger partial charge on any atom is 0.322 e. The third kappa shape index (κ3) is 3.22. The Balaban J connectivity index is 1.87. The van der Waals surface area contributed by atoms with Crippen LogP contribution in [0.4, 0.5) is 10.5 Å². The van der Waals surface area contributed by atoms with Gasteiger partial charge in [-0.1, -0.05) is 0 Å². The number of pyridine rings is 1. The third-order valence-electron chi connectivity index (χ3n) is 2.76. The molecule has 2 rings (SSSR count). The van der Waals surface area contributed by atoms with Gasteiger partial charge < -0.3 is 15.4 Å². The number of nitrogens with zero attached hydrogens (tertiary/aromatic N) is 1. The minimum atomic E-state index is -0.663. The SMILES string of the molecule is COc1ncccc1NC(=O)CC[C@H]1NC(=O)NC1=O. The zero-order chi connectivity index (χ0) is 14.5. The molecule has 2 heterocycles. The summed E-state index contributed by atoms with van der Waals surface area (Å²) in [5.41, 5.74) is 0.458. The summed E-state index contributed by atoms with van der Waals surface area (Å²) in [6.07, 6.45) is 1.87. The van der Waals surface area contributed by atoms with Gasteiger partial charge in [0.2, 0.25) is 11.8 Å². The van der Waals surface area contributed by atoms with Crippen molar-refractivity contribution in [2.45, 2.75) is 18.9 Å². The number of amides is 4. The van der Waals surface area contributed by atoms with Crippen LogP contribution in [0.1, 0.15) is 12.8 Å². The number of urea groups is 1. The molecule has 1 fully saturated rings. The highest BCUT2D eigenvalue weighted by molar-refractivity contribution is 6.04. The van der Waals surface area contributed by atoms with Gasteiger partial charge >= 0.3 is 6.03 Å². The molecule has 0 radical (unpaired) electrons. The molecule has 0 bridgehead atoms. The van der Waals surface area contributed by atoms with Crippen LogP contribution < -0.4 is 20.7 Å². The van der Waals surface area contributed by atoms with Crippen molar-refractivity contribution in [2.24, 2.45) is 0 Å². The molecule has 8 heteroatoms. The van der Waals surface area contributed by atoms with E-state index in [2.05, 4.69) is 20.9 Å².